The van der Waals surface area contributed by atoms with E-state index in [9.17, 15) is 18.0 Å². The number of tetrazole rings is 1. The molecule has 28 heavy (non-hydrogen) atoms. The van der Waals surface area contributed by atoms with Crippen LogP contribution in [0.2, 0.25) is 0 Å². The number of para-hydroxylation sites is 2. The van der Waals surface area contributed by atoms with Crippen molar-refractivity contribution in [3.8, 4) is 5.69 Å². The molecule has 2 aromatic heterocycles. The number of amides is 1. The van der Waals surface area contributed by atoms with Crippen LogP contribution in [-0.2, 0) is 17.5 Å². The van der Waals surface area contributed by atoms with Crippen LogP contribution in [0.5, 0.6) is 0 Å². The Morgan fingerprint density at radius 3 is 2.50 bits per heavy atom. The summed E-state index contributed by atoms with van der Waals surface area (Å²) in [6.07, 6.45) is -3.26. The summed E-state index contributed by atoms with van der Waals surface area (Å²) in [4.78, 5) is 16.0. The first kappa shape index (κ1) is 17.6. The highest BCUT2D eigenvalue weighted by molar-refractivity contribution is 5.91. The third-order valence-corrected chi connectivity index (χ3v) is 3.97. The van der Waals surface area contributed by atoms with Crippen LogP contribution >= 0.6 is 0 Å². The van der Waals surface area contributed by atoms with Crippen LogP contribution in [0.25, 0.3) is 16.7 Å². The Labute approximate surface area is 155 Å². The zero-order chi connectivity index (χ0) is 19.7. The predicted molar refractivity (Wildman–Crippen MR) is 92.5 cm³/mol. The van der Waals surface area contributed by atoms with Gasteiger partial charge in [-0.2, -0.15) is 13.2 Å². The second-order valence-corrected chi connectivity index (χ2v) is 5.86. The van der Waals surface area contributed by atoms with Crippen LogP contribution in [0.4, 0.5) is 18.9 Å². The molecule has 0 radical (unpaired) electrons. The van der Waals surface area contributed by atoms with E-state index in [4.69, 9.17) is 0 Å². The minimum Gasteiger partial charge on any atom is -0.325 e. The Morgan fingerprint density at radius 1 is 1.07 bits per heavy atom. The highest BCUT2D eigenvalue weighted by Gasteiger charge is 2.37. The van der Waals surface area contributed by atoms with Gasteiger partial charge in [0.25, 0.3) is 0 Å². The van der Waals surface area contributed by atoms with Crippen molar-refractivity contribution in [1.82, 2.24) is 29.8 Å². The molecular weight excluding hydrogens is 375 g/mol. The number of anilines is 1. The van der Waals surface area contributed by atoms with Crippen LogP contribution in [0.15, 0.2) is 54.9 Å². The summed E-state index contributed by atoms with van der Waals surface area (Å²) in [6.45, 7) is -0.524. The lowest BCUT2D eigenvalue weighted by Gasteiger charge is -2.12. The third-order valence-electron chi connectivity index (χ3n) is 3.97. The molecule has 1 N–H and O–H groups in total. The van der Waals surface area contributed by atoms with Crippen molar-refractivity contribution in [3.05, 3.63) is 60.7 Å². The molecule has 2 aromatic carbocycles. The van der Waals surface area contributed by atoms with Crippen molar-refractivity contribution in [3.63, 3.8) is 0 Å². The van der Waals surface area contributed by atoms with Crippen LogP contribution in [0, 0.1) is 0 Å². The van der Waals surface area contributed by atoms with Gasteiger partial charge in [0.2, 0.25) is 11.7 Å². The molecular formula is C17H12F3N7O. The maximum absolute atomic E-state index is 13.3. The number of rotatable bonds is 4. The average Bonchev–Trinajstić information content (AvgIpc) is 3.31. The Kier molecular flexibility index (Phi) is 4.26. The monoisotopic (exact) mass is 387 g/mol. The molecule has 4 rings (SSSR count). The number of halogens is 3. The molecule has 0 unspecified atom stereocenters. The van der Waals surface area contributed by atoms with E-state index >= 15 is 0 Å². The van der Waals surface area contributed by atoms with Gasteiger partial charge < -0.3 is 9.88 Å². The number of carbonyl (C=O) groups is 1. The number of imidazole rings is 1. The van der Waals surface area contributed by atoms with Crippen LogP contribution in [0.1, 0.15) is 5.82 Å². The first-order valence-electron chi connectivity index (χ1n) is 8.07. The molecule has 8 nitrogen and oxygen atoms in total. The van der Waals surface area contributed by atoms with E-state index in [1.165, 1.54) is 23.1 Å². The van der Waals surface area contributed by atoms with E-state index in [0.29, 0.717) is 11.4 Å². The van der Waals surface area contributed by atoms with Gasteiger partial charge in [0.1, 0.15) is 12.9 Å². The highest BCUT2D eigenvalue weighted by atomic mass is 19.4. The predicted octanol–water partition coefficient (Wildman–Crippen LogP) is 2.67. The SMILES string of the molecule is O=C(Cn1c(C(F)(F)F)nc2ccccc21)Nc1ccc(-n2cnnn2)cc1. The van der Waals surface area contributed by atoms with Gasteiger partial charge in [0.05, 0.1) is 16.7 Å². The zero-order valence-electron chi connectivity index (χ0n) is 14.1. The largest absolute Gasteiger partial charge is 0.449 e. The normalized spacial score (nSPS) is 11.7. The molecule has 4 aromatic rings. The number of alkyl halides is 3. The standard InChI is InChI=1S/C17H12F3N7O/c18-17(19,20)16-23-13-3-1-2-4-14(13)26(16)9-15(28)22-11-5-7-12(8-6-11)27-10-21-24-25-27/h1-8,10H,9H2,(H,22,28). The molecule has 0 saturated carbocycles. The summed E-state index contributed by atoms with van der Waals surface area (Å²) in [5.74, 6) is -1.72. The van der Waals surface area contributed by atoms with Crippen molar-refractivity contribution >= 4 is 22.6 Å². The minimum absolute atomic E-state index is 0.174. The molecule has 0 atom stereocenters. The van der Waals surface area contributed by atoms with Crippen molar-refractivity contribution in [2.45, 2.75) is 12.7 Å². The van der Waals surface area contributed by atoms with E-state index in [1.54, 1.807) is 36.4 Å². The molecule has 0 saturated heterocycles. The van der Waals surface area contributed by atoms with Gasteiger partial charge in [-0.3, -0.25) is 4.79 Å². The summed E-state index contributed by atoms with van der Waals surface area (Å²) in [5, 5.41) is 13.4. The molecule has 0 spiro atoms. The number of hydrogen-bond acceptors (Lipinski definition) is 5. The fourth-order valence-corrected chi connectivity index (χ4v) is 2.77. The lowest BCUT2D eigenvalue weighted by atomic mass is 10.3. The Balaban J connectivity index is 1.56. The van der Waals surface area contributed by atoms with Gasteiger partial charge >= 0.3 is 6.18 Å². The van der Waals surface area contributed by atoms with Gasteiger partial charge in [0.15, 0.2) is 0 Å². The smallest absolute Gasteiger partial charge is 0.325 e. The van der Waals surface area contributed by atoms with Crippen molar-refractivity contribution in [1.29, 1.82) is 0 Å². The summed E-state index contributed by atoms with van der Waals surface area (Å²) in [5.41, 5.74) is 1.51. The summed E-state index contributed by atoms with van der Waals surface area (Å²) < 4.78 is 42.2. The Morgan fingerprint density at radius 2 is 1.82 bits per heavy atom. The zero-order valence-corrected chi connectivity index (χ0v) is 14.1. The van der Waals surface area contributed by atoms with Crippen molar-refractivity contribution in [2.75, 3.05) is 5.32 Å². The fourth-order valence-electron chi connectivity index (χ4n) is 2.77. The summed E-state index contributed by atoms with van der Waals surface area (Å²) in [7, 11) is 0. The van der Waals surface area contributed by atoms with Crippen LogP contribution in [0.3, 0.4) is 0 Å². The summed E-state index contributed by atoms with van der Waals surface area (Å²) in [6, 6.07) is 12.7. The molecule has 0 aliphatic rings. The first-order chi connectivity index (χ1) is 13.4. The van der Waals surface area contributed by atoms with Crippen molar-refractivity contribution in [2.24, 2.45) is 0 Å². The van der Waals surface area contributed by atoms with Crippen LogP contribution in [-0.4, -0.2) is 35.7 Å². The van der Waals surface area contributed by atoms with Crippen molar-refractivity contribution < 1.29 is 18.0 Å². The highest BCUT2D eigenvalue weighted by Crippen LogP contribution is 2.31. The number of benzene rings is 2. The van der Waals surface area contributed by atoms with E-state index in [0.717, 1.165) is 4.57 Å². The number of nitrogens with one attached hydrogen (secondary N) is 1. The number of carbonyl (C=O) groups excluding carboxylic acids is 1. The van der Waals surface area contributed by atoms with Gasteiger partial charge in [-0.1, -0.05) is 12.1 Å². The number of nitrogens with zero attached hydrogens (tertiary/aromatic N) is 6. The number of aromatic nitrogens is 6. The molecule has 2 heterocycles. The Hall–Kier alpha value is -3.76. The molecule has 1 amide bonds. The van der Waals surface area contributed by atoms with Gasteiger partial charge in [-0.05, 0) is 46.8 Å². The van der Waals surface area contributed by atoms with Gasteiger partial charge in [-0.15, -0.1) is 5.10 Å². The maximum atomic E-state index is 13.3. The second kappa shape index (κ2) is 6.76. The average molecular weight is 387 g/mol. The molecule has 142 valence electrons. The van der Waals surface area contributed by atoms with Crippen LogP contribution < -0.4 is 5.32 Å². The molecule has 0 aliphatic heterocycles. The minimum atomic E-state index is -4.67. The molecule has 11 heteroatoms. The molecule has 0 fully saturated rings. The topological polar surface area (TPSA) is 90.5 Å². The second-order valence-electron chi connectivity index (χ2n) is 5.86. The summed E-state index contributed by atoms with van der Waals surface area (Å²) >= 11 is 0. The van der Waals surface area contributed by atoms with E-state index in [2.05, 4.69) is 25.8 Å². The third kappa shape index (κ3) is 3.41. The Bertz CT molecular complexity index is 1120. The first-order valence-corrected chi connectivity index (χ1v) is 8.07. The fraction of sp³-hybridized carbons (Fsp3) is 0.118. The molecule has 0 aliphatic carbocycles. The van der Waals surface area contributed by atoms with E-state index in [-0.39, 0.29) is 11.0 Å². The van der Waals surface area contributed by atoms with Gasteiger partial charge in [0, 0.05) is 5.69 Å². The van der Waals surface area contributed by atoms with E-state index < -0.39 is 24.5 Å². The van der Waals surface area contributed by atoms with E-state index in [1.807, 2.05) is 0 Å². The number of fused-ring (bicyclic) bond motifs is 1. The lowest BCUT2D eigenvalue weighted by Crippen LogP contribution is -2.23. The number of hydrogen-bond donors (Lipinski definition) is 1. The van der Waals surface area contributed by atoms with Gasteiger partial charge in [-0.25, -0.2) is 9.67 Å². The quantitative estimate of drug-likeness (QED) is 0.581. The maximum Gasteiger partial charge on any atom is 0.449 e. The molecule has 0 bridgehead atoms. The lowest BCUT2D eigenvalue weighted by molar-refractivity contribution is -0.147.